The predicted octanol–water partition coefficient (Wildman–Crippen LogP) is 2.89. The number of hydrogen-bond donors (Lipinski definition) is 1. The molecule has 0 spiro atoms. The molecule has 0 aromatic heterocycles. The highest BCUT2D eigenvalue weighted by Crippen LogP contribution is 2.21. The standard InChI is InChI=1S/C14H30N2/c1-4-6-13-8-10-16(11-9-13)12-14(15-3)7-5-2/h13-15H,4-12H2,1-3H3. The van der Waals surface area contributed by atoms with Crippen molar-refractivity contribution in [1.82, 2.24) is 10.2 Å². The summed E-state index contributed by atoms with van der Waals surface area (Å²) in [5.41, 5.74) is 0. The Kier molecular flexibility index (Phi) is 7.06. The molecular weight excluding hydrogens is 196 g/mol. The first-order valence-corrected chi connectivity index (χ1v) is 7.19. The quantitative estimate of drug-likeness (QED) is 0.718. The number of likely N-dealkylation sites (tertiary alicyclic amines) is 1. The van der Waals surface area contributed by atoms with Crippen molar-refractivity contribution in [3.63, 3.8) is 0 Å². The molecule has 16 heavy (non-hydrogen) atoms. The molecule has 96 valence electrons. The molecule has 0 aromatic rings. The Balaban J connectivity index is 2.20. The fraction of sp³-hybridized carbons (Fsp3) is 1.00. The Morgan fingerprint density at radius 3 is 2.38 bits per heavy atom. The van der Waals surface area contributed by atoms with Gasteiger partial charge in [-0.2, -0.15) is 0 Å². The molecule has 1 rings (SSSR count). The van der Waals surface area contributed by atoms with Gasteiger partial charge in [-0.3, -0.25) is 0 Å². The molecule has 2 heteroatoms. The second-order valence-corrected chi connectivity index (χ2v) is 5.31. The summed E-state index contributed by atoms with van der Waals surface area (Å²) < 4.78 is 0. The highest BCUT2D eigenvalue weighted by Gasteiger charge is 2.20. The molecule has 0 amide bonds. The Morgan fingerprint density at radius 1 is 1.19 bits per heavy atom. The van der Waals surface area contributed by atoms with Crippen LogP contribution in [0, 0.1) is 5.92 Å². The molecule has 0 saturated carbocycles. The SMILES string of the molecule is CCCC1CCN(CC(CCC)NC)CC1. The minimum absolute atomic E-state index is 0.702. The summed E-state index contributed by atoms with van der Waals surface area (Å²) in [5.74, 6) is 1.01. The number of nitrogens with one attached hydrogen (secondary N) is 1. The van der Waals surface area contributed by atoms with Crippen LogP contribution in [0.2, 0.25) is 0 Å². The van der Waals surface area contributed by atoms with E-state index in [0.717, 1.165) is 5.92 Å². The van der Waals surface area contributed by atoms with E-state index in [0.29, 0.717) is 6.04 Å². The van der Waals surface area contributed by atoms with Crippen LogP contribution in [-0.4, -0.2) is 37.6 Å². The first-order chi connectivity index (χ1) is 7.80. The molecule has 1 aliphatic heterocycles. The van der Waals surface area contributed by atoms with E-state index in [1.807, 2.05) is 0 Å². The monoisotopic (exact) mass is 226 g/mol. The number of hydrogen-bond acceptors (Lipinski definition) is 2. The Bertz CT molecular complexity index is 162. The summed E-state index contributed by atoms with van der Waals surface area (Å²) in [4.78, 5) is 2.66. The van der Waals surface area contributed by atoms with Crippen LogP contribution in [0.5, 0.6) is 0 Å². The smallest absolute Gasteiger partial charge is 0.0191 e. The summed E-state index contributed by atoms with van der Waals surface area (Å²) >= 11 is 0. The highest BCUT2D eigenvalue weighted by molar-refractivity contribution is 4.76. The van der Waals surface area contributed by atoms with Crippen LogP contribution >= 0.6 is 0 Å². The van der Waals surface area contributed by atoms with E-state index in [-0.39, 0.29) is 0 Å². The topological polar surface area (TPSA) is 15.3 Å². The Labute approximate surface area is 102 Å². The fourth-order valence-electron chi connectivity index (χ4n) is 2.85. The van der Waals surface area contributed by atoms with Crippen molar-refractivity contribution in [2.24, 2.45) is 5.92 Å². The molecule has 1 N–H and O–H groups in total. The number of rotatable bonds is 7. The third-order valence-corrected chi connectivity index (χ3v) is 3.93. The van der Waals surface area contributed by atoms with E-state index in [1.165, 1.54) is 58.2 Å². The maximum absolute atomic E-state index is 3.44. The zero-order valence-electron chi connectivity index (χ0n) is 11.5. The lowest BCUT2D eigenvalue weighted by Crippen LogP contribution is -2.43. The van der Waals surface area contributed by atoms with Crippen molar-refractivity contribution in [3.8, 4) is 0 Å². The Hall–Kier alpha value is -0.0800. The number of likely N-dealkylation sites (N-methyl/N-ethyl adjacent to an activating group) is 1. The van der Waals surface area contributed by atoms with Gasteiger partial charge in [0.1, 0.15) is 0 Å². The molecular formula is C14H30N2. The van der Waals surface area contributed by atoms with Gasteiger partial charge in [-0.25, -0.2) is 0 Å². The Morgan fingerprint density at radius 2 is 1.88 bits per heavy atom. The molecule has 0 aromatic carbocycles. The molecule has 1 atom stereocenters. The molecule has 1 fully saturated rings. The lowest BCUT2D eigenvalue weighted by molar-refractivity contribution is 0.162. The van der Waals surface area contributed by atoms with Crippen LogP contribution < -0.4 is 5.32 Å². The van der Waals surface area contributed by atoms with Gasteiger partial charge in [0.15, 0.2) is 0 Å². The average molecular weight is 226 g/mol. The maximum Gasteiger partial charge on any atom is 0.0191 e. The second kappa shape index (κ2) is 8.08. The minimum Gasteiger partial charge on any atom is -0.316 e. The number of nitrogens with zero attached hydrogens (tertiary/aromatic N) is 1. The van der Waals surface area contributed by atoms with Crippen LogP contribution in [0.3, 0.4) is 0 Å². The summed E-state index contributed by atoms with van der Waals surface area (Å²) in [6.07, 6.45) is 8.26. The maximum atomic E-state index is 3.44. The van der Waals surface area contributed by atoms with Crippen molar-refractivity contribution in [2.45, 2.75) is 58.4 Å². The summed E-state index contributed by atoms with van der Waals surface area (Å²) in [7, 11) is 2.10. The largest absolute Gasteiger partial charge is 0.316 e. The minimum atomic E-state index is 0.702. The van der Waals surface area contributed by atoms with Gasteiger partial charge in [-0.05, 0) is 45.3 Å². The second-order valence-electron chi connectivity index (χ2n) is 5.31. The van der Waals surface area contributed by atoms with E-state index < -0.39 is 0 Å². The third kappa shape index (κ3) is 4.84. The van der Waals surface area contributed by atoms with E-state index >= 15 is 0 Å². The average Bonchev–Trinajstić information content (AvgIpc) is 2.31. The molecule has 1 heterocycles. The van der Waals surface area contributed by atoms with E-state index in [2.05, 4.69) is 31.1 Å². The number of piperidine rings is 1. The van der Waals surface area contributed by atoms with Crippen molar-refractivity contribution in [2.75, 3.05) is 26.7 Å². The van der Waals surface area contributed by atoms with Crippen molar-refractivity contribution >= 4 is 0 Å². The van der Waals surface area contributed by atoms with E-state index in [9.17, 15) is 0 Å². The molecule has 1 unspecified atom stereocenters. The first kappa shape index (κ1) is 14.0. The molecule has 0 radical (unpaired) electrons. The van der Waals surface area contributed by atoms with Crippen molar-refractivity contribution in [1.29, 1.82) is 0 Å². The van der Waals surface area contributed by atoms with Crippen LogP contribution in [0.15, 0.2) is 0 Å². The lowest BCUT2D eigenvalue weighted by Gasteiger charge is -2.34. The summed E-state index contributed by atoms with van der Waals surface area (Å²) in [6.45, 7) is 8.49. The van der Waals surface area contributed by atoms with Crippen LogP contribution in [-0.2, 0) is 0 Å². The van der Waals surface area contributed by atoms with Gasteiger partial charge < -0.3 is 10.2 Å². The van der Waals surface area contributed by atoms with E-state index in [1.54, 1.807) is 0 Å². The van der Waals surface area contributed by atoms with Crippen LogP contribution in [0.25, 0.3) is 0 Å². The molecule has 0 aliphatic carbocycles. The van der Waals surface area contributed by atoms with Crippen molar-refractivity contribution in [3.05, 3.63) is 0 Å². The van der Waals surface area contributed by atoms with E-state index in [4.69, 9.17) is 0 Å². The van der Waals surface area contributed by atoms with Gasteiger partial charge in [-0.1, -0.05) is 33.1 Å². The molecule has 1 saturated heterocycles. The fourth-order valence-corrected chi connectivity index (χ4v) is 2.85. The molecule has 2 nitrogen and oxygen atoms in total. The lowest BCUT2D eigenvalue weighted by atomic mass is 9.92. The van der Waals surface area contributed by atoms with Crippen LogP contribution in [0.4, 0.5) is 0 Å². The zero-order valence-corrected chi connectivity index (χ0v) is 11.5. The zero-order chi connectivity index (χ0) is 11.8. The molecule has 0 bridgehead atoms. The first-order valence-electron chi connectivity index (χ1n) is 7.19. The van der Waals surface area contributed by atoms with Gasteiger partial charge in [0, 0.05) is 12.6 Å². The summed E-state index contributed by atoms with van der Waals surface area (Å²) in [5, 5.41) is 3.44. The summed E-state index contributed by atoms with van der Waals surface area (Å²) in [6, 6.07) is 0.702. The van der Waals surface area contributed by atoms with Crippen molar-refractivity contribution < 1.29 is 0 Å². The van der Waals surface area contributed by atoms with Crippen LogP contribution in [0.1, 0.15) is 52.4 Å². The van der Waals surface area contributed by atoms with Gasteiger partial charge in [-0.15, -0.1) is 0 Å². The van der Waals surface area contributed by atoms with Gasteiger partial charge in [0.2, 0.25) is 0 Å². The molecule has 1 aliphatic rings. The highest BCUT2D eigenvalue weighted by atomic mass is 15.1. The van der Waals surface area contributed by atoms with Gasteiger partial charge >= 0.3 is 0 Å². The normalized spacial score (nSPS) is 21.2. The predicted molar refractivity (Wildman–Crippen MR) is 71.8 cm³/mol. The van der Waals surface area contributed by atoms with Gasteiger partial charge in [0.25, 0.3) is 0 Å². The third-order valence-electron chi connectivity index (χ3n) is 3.93. The van der Waals surface area contributed by atoms with Gasteiger partial charge in [0.05, 0.1) is 0 Å².